The van der Waals surface area contributed by atoms with Gasteiger partial charge in [-0.05, 0) is 56.2 Å². The Morgan fingerprint density at radius 1 is 1.29 bits per heavy atom. The summed E-state index contributed by atoms with van der Waals surface area (Å²) < 4.78 is 11.5. The monoisotopic (exact) mass is 313 g/mol. The van der Waals surface area contributed by atoms with Crippen molar-refractivity contribution in [3.8, 4) is 5.75 Å². The van der Waals surface area contributed by atoms with Crippen LogP contribution < -0.4 is 10.5 Å². The van der Waals surface area contributed by atoms with Gasteiger partial charge in [0.15, 0.2) is 0 Å². The van der Waals surface area contributed by atoms with Gasteiger partial charge in [0.05, 0.1) is 13.2 Å². The molecular formula is C17H28ClNO2. The number of ether oxygens (including phenoxy) is 2. The number of halogens is 1. The maximum absolute atomic E-state index is 6.04. The largest absolute Gasteiger partial charge is 0.493 e. The summed E-state index contributed by atoms with van der Waals surface area (Å²) in [6.07, 6.45) is 4.54. The minimum atomic E-state index is 0. The van der Waals surface area contributed by atoms with Gasteiger partial charge < -0.3 is 15.2 Å². The van der Waals surface area contributed by atoms with Gasteiger partial charge in [-0.3, -0.25) is 0 Å². The second-order valence-electron chi connectivity index (χ2n) is 5.71. The first-order valence-electron chi connectivity index (χ1n) is 7.80. The predicted octanol–water partition coefficient (Wildman–Crippen LogP) is 3.71. The van der Waals surface area contributed by atoms with Gasteiger partial charge in [-0.2, -0.15) is 0 Å². The molecule has 0 heterocycles. The molecule has 1 fully saturated rings. The highest BCUT2D eigenvalue weighted by Gasteiger charge is 2.22. The first kappa shape index (κ1) is 18.3. The van der Waals surface area contributed by atoms with E-state index in [1.165, 1.54) is 18.4 Å². The van der Waals surface area contributed by atoms with Crippen LogP contribution in [0.3, 0.4) is 0 Å². The molecule has 1 aliphatic rings. The molecule has 1 saturated carbocycles. The maximum Gasteiger partial charge on any atom is 0.124 e. The zero-order chi connectivity index (χ0) is 14.4. The van der Waals surface area contributed by atoms with Crippen LogP contribution in [0.25, 0.3) is 0 Å². The highest BCUT2D eigenvalue weighted by Crippen LogP contribution is 2.31. The second kappa shape index (κ2) is 9.29. The van der Waals surface area contributed by atoms with Gasteiger partial charge in [0.25, 0.3) is 0 Å². The van der Waals surface area contributed by atoms with Crippen molar-refractivity contribution >= 4 is 12.4 Å². The average molecular weight is 314 g/mol. The van der Waals surface area contributed by atoms with Gasteiger partial charge in [0, 0.05) is 18.2 Å². The zero-order valence-corrected chi connectivity index (χ0v) is 14.0. The van der Waals surface area contributed by atoms with E-state index in [-0.39, 0.29) is 18.4 Å². The minimum absolute atomic E-state index is 0. The number of benzene rings is 1. The third-order valence-corrected chi connectivity index (χ3v) is 3.78. The van der Waals surface area contributed by atoms with Crippen LogP contribution in [0.1, 0.15) is 44.2 Å². The molecule has 0 aliphatic heterocycles. The molecule has 0 amide bonds. The SMILES string of the molecule is CCOCc1cc(CC(N)CC)ccc1OCC1CC1.Cl. The Morgan fingerprint density at radius 3 is 2.67 bits per heavy atom. The van der Waals surface area contributed by atoms with Crippen LogP contribution in [-0.2, 0) is 17.8 Å². The number of hydrogen-bond donors (Lipinski definition) is 1. The summed E-state index contributed by atoms with van der Waals surface area (Å²) in [4.78, 5) is 0. The molecule has 0 spiro atoms. The van der Waals surface area contributed by atoms with Gasteiger partial charge in [-0.25, -0.2) is 0 Å². The molecule has 1 aromatic rings. The lowest BCUT2D eigenvalue weighted by atomic mass is 10.0. The van der Waals surface area contributed by atoms with Crippen LogP contribution >= 0.6 is 12.4 Å². The molecule has 0 radical (unpaired) electrons. The third-order valence-electron chi connectivity index (χ3n) is 3.78. The van der Waals surface area contributed by atoms with E-state index in [0.29, 0.717) is 6.61 Å². The van der Waals surface area contributed by atoms with E-state index < -0.39 is 0 Å². The molecule has 2 rings (SSSR count). The first-order chi connectivity index (χ1) is 9.72. The van der Waals surface area contributed by atoms with Gasteiger partial charge >= 0.3 is 0 Å². The molecule has 1 aromatic carbocycles. The van der Waals surface area contributed by atoms with E-state index in [1.54, 1.807) is 0 Å². The van der Waals surface area contributed by atoms with Crippen molar-refractivity contribution in [2.75, 3.05) is 13.2 Å². The summed E-state index contributed by atoms with van der Waals surface area (Å²) in [5.41, 5.74) is 8.46. The number of hydrogen-bond acceptors (Lipinski definition) is 3. The Bertz CT molecular complexity index is 421. The normalized spacial score (nSPS) is 15.4. The van der Waals surface area contributed by atoms with E-state index in [0.717, 1.165) is 43.3 Å². The smallest absolute Gasteiger partial charge is 0.124 e. The lowest BCUT2D eigenvalue weighted by molar-refractivity contribution is 0.130. The summed E-state index contributed by atoms with van der Waals surface area (Å²) in [6.45, 7) is 6.32. The molecule has 1 atom stereocenters. The number of rotatable bonds is 9. The summed E-state index contributed by atoms with van der Waals surface area (Å²) >= 11 is 0. The van der Waals surface area contributed by atoms with Crippen molar-refractivity contribution in [2.24, 2.45) is 11.7 Å². The number of nitrogens with two attached hydrogens (primary N) is 1. The molecule has 2 N–H and O–H groups in total. The van der Waals surface area contributed by atoms with Crippen LogP contribution in [0.2, 0.25) is 0 Å². The van der Waals surface area contributed by atoms with E-state index in [2.05, 4.69) is 25.1 Å². The molecule has 3 nitrogen and oxygen atoms in total. The quantitative estimate of drug-likeness (QED) is 0.756. The predicted molar refractivity (Wildman–Crippen MR) is 89.2 cm³/mol. The van der Waals surface area contributed by atoms with Crippen molar-refractivity contribution in [1.82, 2.24) is 0 Å². The topological polar surface area (TPSA) is 44.5 Å². The van der Waals surface area contributed by atoms with E-state index in [4.69, 9.17) is 15.2 Å². The molecule has 21 heavy (non-hydrogen) atoms. The fourth-order valence-electron chi connectivity index (χ4n) is 2.16. The fraction of sp³-hybridized carbons (Fsp3) is 0.647. The Morgan fingerprint density at radius 2 is 2.05 bits per heavy atom. The van der Waals surface area contributed by atoms with E-state index >= 15 is 0 Å². The van der Waals surface area contributed by atoms with Gasteiger partial charge in [-0.15, -0.1) is 12.4 Å². The first-order valence-corrected chi connectivity index (χ1v) is 7.80. The summed E-state index contributed by atoms with van der Waals surface area (Å²) in [7, 11) is 0. The minimum Gasteiger partial charge on any atom is -0.493 e. The van der Waals surface area contributed by atoms with Crippen LogP contribution in [0.15, 0.2) is 18.2 Å². The van der Waals surface area contributed by atoms with Crippen LogP contribution in [0.4, 0.5) is 0 Å². The lowest BCUT2D eigenvalue weighted by Crippen LogP contribution is -2.21. The Hall–Kier alpha value is -0.770. The molecule has 4 heteroatoms. The van der Waals surface area contributed by atoms with Crippen LogP contribution in [0.5, 0.6) is 5.75 Å². The summed E-state index contributed by atoms with van der Waals surface area (Å²) in [5.74, 6) is 1.74. The maximum atomic E-state index is 6.04. The van der Waals surface area contributed by atoms with E-state index in [9.17, 15) is 0 Å². The zero-order valence-electron chi connectivity index (χ0n) is 13.1. The van der Waals surface area contributed by atoms with Crippen molar-refractivity contribution in [1.29, 1.82) is 0 Å². The van der Waals surface area contributed by atoms with Crippen LogP contribution in [0, 0.1) is 5.92 Å². The third kappa shape index (κ3) is 6.25. The molecule has 0 aromatic heterocycles. The average Bonchev–Trinajstić information content (AvgIpc) is 3.28. The van der Waals surface area contributed by atoms with Crippen molar-refractivity contribution in [3.63, 3.8) is 0 Å². The highest BCUT2D eigenvalue weighted by molar-refractivity contribution is 5.85. The lowest BCUT2D eigenvalue weighted by Gasteiger charge is -2.15. The summed E-state index contributed by atoms with van der Waals surface area (Å²) in [5, 5.41) is 0. The van der Waals surface area contributed by atoms with E-state index in [1.807, 2.05) is 6.92 Å². The second-order valence-corrected chi connectivity index (χ2v) is 5.71. The molecule has 120 valence electrons. The highest BCUT2D eigenvalue weighted by atomic mass is 35.5. The molecule has 1 unspecified atom stereocenters. The standard InChI is InChI=1S/C17H27NO2.ClH/c1-3-16(18)10-14-7-8-17(20-11-13-5-6-13)15(9-14)12-19-4-2;/h7-9,13,16H,3-6,10-12,18H2,1-2H3;1H. The van der Waals surface area contributed by atoms with Gasteiger partial charge in [0.1, 0.15) is 5.75 Å². The Labute approximate surface area is 134 Å². The molecular weight excluding hydrogens is 286 g/mol. The van der Waals surface area contributed by atoms with Crippen molar-refractivity contribution < 1.29 is 9.47 Å². The van der Waals surface area contributed by atoms with Gasteiger partial charge in [-0.1, -0.05) is 13.0 Å². The molecule has 1 aliphatic carbocycles. The van der Waals surface area contributed by atoms with Gasteiger partial charge in [0.2, 0.25) is 0 Å². The van der Waals surface area contributed by atoms with Crippen molar-refractivity contribution in [3.05, 3.63) is 29.3 Å². The molecule has 0 bridgehead atoms. The van der Waals surface area contributed by atoms with Crippen molar-refractivity contribution in [2.45, 2.75) is 52.2 Å². The Kier molecular flexibility index (Phi) is 8.09. The molecule has 0 saturated heterocycles. The Balaban J connectivity index is 0.00000220. The summed E-state index contributed by atoms with van der Waals surface area (Å²) in [6, 6.07) is 6.63. The fourth-order valence-corrected chi connectivity index (χ4v) is 2.16. The van der Waals surface area contributed by atoms with Crippen LogP contribution in [-0.4, -0.2) is 19.3 Å².